The van der Waals surface area contributed by atoms with E-state index in [1.807, 2.05) is 39.4 Å². The highest BCUT2D eigenvalue weighted by molar-refractivity contribution is 7.47. The van der Waals surface area contributed by atoms with Gasteiger partial charge in [0.05, 0.1) is 21.1 Å². The molecule has 0 amide bonds. The van der Waals surface area contributed by atoms with E-state index in [9.17, 15) is 24.3 Å². The van der Waals surface area contributed by atoms with Gasteiger partial charge in [0.15, 0.2) is 0 Å². The van der Waals surface area contributed by atoms with E-state index in [4.69, 9.17) is 18.5 Å². The summed E-state index contributed by atoms with van der Waals surface area (Å²) in [7, 11) is 1.04. The summed E-state index contributed by atoms with van der Waals surface area (Å²) in [5, 5.41) is 9.20. The van der Waals surface area contributed by atoms with Gasteiger partial charge in [-0.2, -0.15) is 0 Å². The SMILES string of the molecule is CCCCCC=CC=CC(CCCCCCCC(=O)OC(OC(=O)CCCCCCCCCCCCCCCCC)OP(=O)(O)OCC[N+](C)(C)C)OO. The van der Waals surface area contributed by atoms with Gasteiger partial charge in [0.1, 0.15) is 19.3 Å². The molecule has 0 aliphatic heterocycles. The first-order valence-corrected chi connectivity index (χ1v) is 22.9. The highest BCUT2D eigenvalue weighted by Gasteiger charge is 2.32. The molecule has 0 radical (unpaired) electrons. The smallest absolute Gasteiger partial charge is 0.400 e. The average molecular weight is 791 g/mol. The standard InChI is InChI=1S/C42H80NO10P/c1-6-8-10-12-14-15-16-17-18-19-20-21-23-27-31-35-40(44)50-42(53-54(47,48)49-38-37-43(3,4)5)51-41(45)36-32-28-24-26-30-34-39(52-46)33-29-25-22-13-11-9-7-2/h22,25,29,33,39,42H,6-21,23-24,26-28,30-32,34-38H2,1-5H3,(H-,46,47,48)/p+1. The van der Waals surface area contributed by atoms with Gasteiger partial charge < -0.3 is 18.9 Å². The molecule has 0 heterocycles. The lowest BCUT2D eigenvalue weighted by molar-refractivity contribution is -0.870. The van der Waals surface area contributed by atoms with Gasteiger partial charge in [-0.1, -0.05) is 167 Å². The fourth-order valence-corrected chi connectivity index (χ4v) is 6.49. The lowest BCUT2D eigenvalue weighted by Crippen LogP contribution is -2.37. The zero-order chi connectivity index (χ0) is 40.2. The Morgan fingerprint density at radius 3 is 1.56 bits per heavy atom. The Hall–Kier alpha value is -1.59. The van der Waals surface area contributed by atoms with Crippen LogP contribution in [0.15, 0.2) is 24.3 Å². The summed E-state index contributed by atoms with van der Waals surface area (Å²) in [6.07, 6.45) is 34.9. The van der Waals surface area contributed by atoms with Crippen LogP contribution in [0.25, 0.3) is 0 Å². The number of allylic oxidation sites excluding steroid dienone is 3. The Bertz CT molecular complexity index is 1000. The second kappa shape index (κ2) is 35.8. The highest BCUT2D eigenvalue weighted by atomic mass is 31.2. The van der Waals surface area contributed by atoms with Crippen LogP contribution in [-0.4, -0.2) is 73.4 Å². The van der Waals surface area contributed by atoms with Crippen molar-refractivity contribution in [3.8, 4) is 0 Å². The number of esters is 2. The Labute approximate surface area is 329 Å². The van der Waals surface area contributed by atoms with Crippen molar-refractivity contribution in [1.82, 2.24) is 0 Å². The molecule has 2 N–H and O–H groups in total. The number of quaternary nitrogens is 1. The van der Waals surface area contributed by atoms with E-state index >= 15 is 0 Å². The zero-order valence-corrected chi connectivity index (χ0v) is 35.9. The fraction of sp³-hybridized carbons (Fsp3) is 0.857. The molecule has 12 heteroatoms. The van der Waals surface area contributed by atoms with Crippen molar-refractivity contribution in [2.24, 2.45) is 0 Å². The molecular formula is C42H81NO10P+. The Kier molecular flexibility index (Phi) is 34.7. The molecule has 318 valence electrons. The topological polar surface area (TPSA) is 138 Å². The molecule has 0 spiro atoms. The molecule has 0 saturated carbocycles. The van der Waals surface area contributed by atoms with Crippen LogP contribution in [0.1, 0.15) is 187 Å². The van der Waals surface area contributed by atoms with Crippen LogP contribution < -0.4 is 0 Å². The number of rotatable bonds is 39. The largest absolute Gasteiger partial charge is 0.478 e. The Morgan fingerprint density at radius 2 is 1.09 bits per heavy atom. The number of carbonyl (C=O) groups excluding carboxylic acids is 2. The number of hydrogen-bond donors (Lipinski definition) is 2. The van der Waals surface area contributed by atoms with Crippen LogP contribution in [0.4, 0.5) is 0 Å². The van der Waals surface area contributed by atoms with E-state index in [2.05, 4.69) is 24.8 Å². The molecule has 0 aliphatic rings. The quantitative estimate of drug-likeness (QED) is 0.00904. The van der Waals surface area contributed by atoms with Crippen LogP contribution in [0, 0.1) is 0 Å². The molecule has 3 atom stereocenters. The van der Waals surface area contributed by atoms with Crippen molar-refractivity contribution in [3.05, 3.63) is 24.3 Å². The summed E-state index contributed by atoms with van der Waals surface area (Å²) < 4.78 is 33.6. The summed E-state index contributed by atoms with van der Waals surface area (Å²) in [5.74, 6) is -1.37. The minimum Gasteiger partial charge on any atom is -0.400 e. The van der Waals surface area contributed by atoms with Crippen molar-refractivity contribution in [3.63, 3.8) is 0 Å². The van der Waals surface area contributed by atoms with Crippen LogP contribution in [0.5, 0.6) is 0 Å². The third-order valence-corrected chi connectivity index (χ3v) is 10.2. The van der Waals surface area contributed by atoms with Crippen LogP contribution in [0.3, 0.4) is 0 Å². The maximum atomic E-state index is 12.6. The molecular weight excluding hydrogens is 709 g/mol. The molecule has 0 aromatic carbocycles. The van der Waals surface area contributed by atoms with E-state index in [-0.39, 0.29) is 25.6 Å². The fourth-order valence-electron chi connectivity index (χ4n) is 5.81. The third kappa shape index (κ3) is 37.3. The lowest BCUT2D eigenvalue weighted by atomic mass is 10.0. The molecule has 3 unspecified atom stereocenters. The van der Waals surface area contributed by atoms with Gasteiger partial charge in [0.25, 0.3) is 0 Å². The summed E-state index contributed by atoms with van der Waals surface area (Å²) >= 11 is 0. The van der Waals surface area contributed by atoms with Gasteiger partial charge in [-0.05, 0) is 32.1 Å². The summed E-state index contributed by atoms with van der Waals surface area (Å²) in [4.78, 5) is 40.1. The van der Waals surface area contributed by atoms with Gasteiger partial charge in [0.2, 0.25) is 0 Å². The van der Waals surface area contributed by atoms with E-state index in [1.54, 1.807) is 0 Å². The highest BCUT2D eigenvalue weighted by Crippen LogP contribution is 2.45. The van der Waals surface area contributed by atoms with Gasteiger partial charge >= 0.3 is 26.2 Å². The number of ether oxygens (including phenoxy) is 2. The number of phosphoric acid groups is 1. The average Bonchev–Trinajstić information content (AvgIpc) is 3.10. The van der Waals surface area contributed by atoms with Crippen LogP contribution >= 0.6 is 7.82 Å². The molecule has 0 aromatic rings. The minimum absolute atomic E-state index is 0.0320. The van der Waals surface area contributed by atoms with Crippen molar-refractivity contribution < 1.29 is 52.2 Å². The summed E-state index contributed by atoms with van der Waals surface area (Å²) in [6, 6.07) is 0. The summed E-state index contributed by atoms with van der Waals surface area (Å²) in [6.45, 7) is 2.80. The first-order chi connectivity index (χ1) is 25.9. The second-order valence-electron chi connectivity index (χ2n) is 15.6. The normalized spacial score (nSPS) is 14.4. The van der Waals surface area contributed by atoms with E-state index in [0.717, 1.165) is 51.4 Å². The van der Waals surface area contributed by atoms with Crippen LogP contribution in [-0.2, 0) is 37.6 Å². The Balaban J connectivity index is 4.50. The number of unbranched alkanes of at least 4 members (excludes halogenated alkanes) is 21. The second-order valence-corrected chi connectivity index (χ2v) is 17.1. The first-order valence-electron chi connectivity index (χ1n) is 21.4. The maximum absolute atomic E-state index is 12.6. The molecule has 0 aliphatic carbocycles. The first kappa shape index (κ1) is 52.4. The molecule has 0 saturated heterocycles. The molecule has 11 nitrogen and oxygen atoms in total. The van der Waals surface area contributed by atoms with Crippen molar-refractivity contribution >= 4 is 19.8 Å². The number of likely N-dealkylation sites (N-methyl/N-ethyl adjacent to an activating group) is 1. The van der Waals surface area contributed by atoms with Crippen LogP contribution in [0.2, 0.25) is 0 Å². The molecule has 0 rings (SSSR count). The van der Waals surface area contributed by atoms with Crippen molar-refractivity contribution in [1.29, 1.82) is 0 Å². The maximum Gasteiger partial charge on any atom is 0.478 e. The monoisotopic (exact) mass is 791 g/mol. The molecule has 54 heavy (non-hydrogen) atoms. The summed E-state index contributed by atoms with van der Waals surface area (Å²) in [5.41, 5.74) is 0. The predicted octanol–water partition coefficient (Wildman–Crippen LogP) is 11.7. The minimum atomic E-state index is -4.68. The molecule has 0 bridgehead atoms. The number of carbonyl (C=O) groups is 2. The Morgan fingerprint density at radius 1 is 0.648 bits per heavy atom. The van der Waals surface area contributed by atoms with E-state index in [1.165, 1.54) is 89.9 Å². The number of phosphoric ester groups is 1. The third-order valence-electron chi connectivity index (χ3n) is 9.23. The van der Waals surface area contributed by atoms with Crippen molar-refractivity contribution in [2.45, 2.75) is 200 Å². The van der Waals surface area contributed by atoms with Gasteiger partial charge in [-0.15, -0.1) is 0 Å². The van der Waals surface area contributed by atoms with Gasteiger partial charge in [-0.25, -0.2) is 14.0 Å². The van der Waals surface area contributed by atoms with Gasteiger partial charge in [0, 0.05) is 12.8 Å². The number of hydrogen-bond acceptors (Lipinski definition) is 9. The van der Waals surface area contributed by atoms with Gasteiger partial charge in [-0.3, -0.25) is 19.4 Å². The predicted molar refractivity (Wildman–Crippen MR) is 218 cm³/mol. The molecule has 0 fully saturated rings. The molecule has 0 aromatic heterocycles. The van der Waals surface area contributed by atoms with E-state index < -0.39 is 26.2 Å². The lowest BCUT2D eigenvalue weighted by Gasteiger charge is -2.25. The number of nitrogens with zero attached hydrogens (tertiary/aromatic N) is 1. The van der Waals surface area contributed by atoms with Crippen molar-refractivity contribution in [2.75, 3.05) is 34.3 Å². The van der Waals surface area contributed by atoms with E-state index in [0.29, 0.717) is 30.3 Å². The zero-order valence-electron chi connectivity index (χ0n) is 35.0.